The van der Waals surface area contributed by atoms with E-state index in [1.807, 2.05) is 23.8 Å². The molecule has 0 spiro atoms. The first-order valence-electron chi connectivity index (χ1n) is 5.56. The molecule has 0 radical (unpaired) electrons. The first-order valence-corrected chi connectivity index (χ1v) is 6.50. The predicted octanol–water partition coefficient (Wildman–Crippen LogP) is 2.39. The minimum atomic E-state index is 0.0177. The first-order chi connectivity index (χ1) is 8.35. The minimum Gasteiger partial charge on any atom is -0.394 e. The Morgan fingerprint density at radius 2 is 2.24 bits per heavy atom. The highest BCUT2D eigenvalue weighted by molar-refractivity contribution is 7.08. The second-order valence-corrected chi connectivity index (χ2v) is 4.48. The summed E-state index contributed by atoms with van der Waals surface area (Å²) in [5.41, 5.74) is 1.89. The molecule has 2 aromatic heterocycles. The third kappa shape index (κ3) is 2.81. The van der Waals surface area contributed by atoms with Crippen molar-refractivity contribution < 1.29 is 5.11 Å². The molecule has 90 valence electrons. The Balaban J connectivity index is 2.28. The lowest BCUT2D eigenvalue weighted by atomic mass is 10.2. The Bertz CT molecular complexity index is 455. The Labute approximate surface area is 104 Å². The number of aromatic nitrogens is 2. The number of hydrogen-bond donors (Lipinski definition) is 2. The number of anilines is 1. The van der Waals surface area contributed by atoms with Crippen LogP contribution in [0.3, 0.4) is 0 Å². The van der Waals surface area contributed by atoms with Gasteiger partial charge in [-0.1, -0.05) is 6.92 Å². The molecule has 1 unspecified atom stereocenters. The lowest BCUT2D eigenvalue weighted by Gasteiger charge is -2.16. The summed E-state index contributed by atoms with van der Waals surface area (Å²) in [7, 11) is 0. The highest BCUT2D eigenvalue weighted by Gasteiger charge is 2.11. The maximum absolute atomic E-state index is 9.20. The second-order valence-electron chi connectivity index (χ2n) is 3.70. The van der Waals surface area contributed by atoms with Gasteiger partial charge >= 0.3 is 0 Å². The van der Waals surface area contributed by atoms with Gasteiger partial charge in [-0.2, -0.15) is 11.3 Å². The highest BCUT2D eigenvalue weighted by Crippen LogP contribution is 2.25. The smallest absolute Gasteiger partial charge is 0.152 e. The Kier molecular flexibility index (Phi) is 4.06. The van der Waals surface area contributed by atoms with E-state index in [0.717, 1.165) is 23.5 Å². The van der Waals surface area contributed by atoms with Crippen LogP contribution in [0.15, 0.2) is 29.2 Å². The maximum Gasteiger partial charge on any atom is 0.152 e. The van der Waals surface area contributed by atoms with E-state index in [-0.39, 0.29) is 12.6 Å². The molecule has 0 aliphatic carbocycles. The van der Waals surface area contributed by atoms with Crippen LogP contribution in [0.1, 0.15) is 13.3 Å². The molecular weight excluding hydrogens is 234 g/mol. The van der Waals surface area contributed by atoms with Crippen molar-refractivity contribution in [3.8, 4) is 11.3 Å². The normalized spacial score (nSPS) is 12.4. The molecule has 5 heteroatoms. The zero-order chi connectivity index (χ0) is 12.1. The number of rotatable bonds is 5. The Morgan fingerprint density at radius 1 is 1.41 bits per heavy atom. The minimum absolute atomic E-state index is 0.0177. The number of nitrogens with zero attached hydrogens (tertiary/aromatic N) is 2. The van der Waals surface area contributed by atoms with Crippen LogP contribution in [0.25, 0.3) is 11.3 Å². The Morgan fingerprint density at radius 3 is 2.88 bits per heavy atom. The SMILES string of the molecule is CCC(CO)Nc1nccnc1-c1ccsc1. The van der Waals surface area contributed by atoms with Crippen molar-refractivity contribution in [3.05, 3.63) is 29.2 Å². The van der Waals surface area contributed by atoms with Crippen LogP contribution in [0.5, 0.6) is 0 Å². The van der Waals surface area contributed by atoms with Crippen molar-refractivity contribution >= 4 is 17.2 Å². The lowest BCUT2D eigenvalue weighted by molar-refractivity contribution is 0.271. The van der Waals surface area contributed by atoms with Crippen molar-refractivity contribution in [2.45, 2.75) is 19.4 Å². The summed E-state index contributed by atoms with van der Waals surface area (Å²) >= 11 is 1.63. The molecule has 0 fully saturated rings. The van der Waals surface area contributed by atoms with E-state index >= 15 is 0 Å². The third-order valence-electron chi connectivity index (χ3n) is 2.55. The second kappa shape index (κ2) is 5.75. The molecule has 2 N–H and O–H groups in total. The van der Waals surface area contributed by atoms with Gasteiger partial charge in [0.1, 0.15) is 5.69 Å². The molecule has 0 saturated heterocycles. The molecule has 0 amide bonds. The summed E-state index contributed by atoms with van der Waals surface area (Å²) in [6, 6.07) is 2.03. The first kappa shape index (κ1) is 12.0. The standard InChI is InChI=1S/C12H15N3OS/c1-2-10(7-16)15-12-11(13-4-5-14-12)9-3-6-17-8-9/h3-6,8,10,16H,2,7H2,1H3,(H,14,15). The van der Waals surface area contributed by atoms with Crippen LogP contribution in [0, 0.1) is 0 Å². The average Bonchev–Trinajstić information content (AvgIpc) is 2.90. The van der Waals surface area contributed by atoms with Crippen molar-refractivity contribution in [1.82, 2.24) is 9.97 Å². The third-order valence-corrected chi connectivity index (χ3v) is 3.23. The van der Waals surface area contributed by atoms with Crippen LogP contribution in [0.4, 0.5) is 5.82 Å². The van der Waals surface area contributed by atoms with Gasteiger partial charge in [0.25, 0.3) is 0 Å². The van der Waals surface area contributed by atoms with Gasteiger partial charge in [0, 0.05) is 23.3 Å². The van der Waals surface area contributed by atoms with E-state index in [0.29, 0.717) is 0 Å². The summed E-state index contributed by atoms with van der Waals surface area (Å²) < 4.78 is 0. The lowest BCUT2D eigenvalue weighted by Crippen LogP contribution is -2.23. The number of thiophene rings is 1. The molecule has 0 aliphatic heterocycles. The molecule has 0 bridgehead atoms. The van der Waals surface area contributed by atoms with Gasteiger partial charge in [-0.25, -0.2) is 4.98 Å². The molecule has 17 heavy (non-hydrogen) atoms. The summed E-state index contributed by atoms with van der Waals surface area (Å²) in [6.07, 6.45) is 4.18. The van der Waals surface area contributed by atoms with Crippen molar-refractivity contribution in [3.63, 3.8) is 0 Å². The summed E-state index contributed by atoms with van der Waals surface area (Å²) in [5, 5.41) is 16.5. The summed E-state index contributed by atoms with van der Waals surface area (Å²) in [5.74, 6) is 0.729. The van der Waals surface area contributed by atoms with Crippen LogP contribution in [0.2, 0.25) is 0 Å². The van der Waals surface area contributed by atoms with E-state index in [1.54, 1.807) is 23.7 Å². The zero-order valence-electron chi connectivity index (χ0n) is 9.63. The van der Waals surface area contributed by atoms with E-state index in [1.165, 1.54) is 0 Å². The van der Waals surface area contributed by atoms with Crippen molar-refractivity contribution in [2.75, 3.05) is 11.9 Å². The van der Waals surface area contributed by atoms with Crippen LogP contribution < -0.4 is 5.32 Å². The molecule has 2 aromatic rings. The molecule has 0 aliphatic rings. The summed E-state index contributed by atoms with van der Waals surface area (Å²) in [4.78, 5) is 8.63. The average molecular weight is 249 g/mol. The fraction of sp³-hybridized carbons (Fsp3) is 0.333. The quantitative estimate of drug-likeness (QED) is 0.854. The molecule has 2 heterocycles. The van der Waals surface area contributed by atoms with Gasteiger partial charge in [-0.05, 0) is 17.9 Å². The van der Waals surface area contributed by atoms with Crippen LogP contribution in [-0.2, 0) is 0 Å². The van der Waals surface area contributed by atoms with E-state index in [9.17, 15) is 5.11 Å². The van der Waals surface area contributed by atoms with Gasteiger partial charge in [0.05, 0.1) is 12.6 Å². The molecular formula is C12H15N3OS. The fourth-order valence-corrected chi connectivity index (χ4v) is 2.16. The number of nitrogens with one attached hydrogen (secondary N) is 1. The Hall–Kier alpha value is -1.46. The maximum atomic E-state index is 9.20. The predicted molar refractivity (Wildman–Crippen MR) is 70.1 cm³/mol. The van der Waals surface area contributed by atoms with Gasteiger partial charge in [-0.15, -0.1) is 0 Å². The fourth-order valence-electron chi connectivity index (χ4n) is 1.52. The topological polar surface area (TPSA) is 58.0 Å². The molecule has 0 saturated carbocycles. The molecule has 1 atom stereocenters. The molecule has 4 nitrogen and oxygen atoms in total. The van der Waals surface area contributed by atoms with Gasteiger partial charge < -0.3 is 10.4 Å². The van der Waals surface area contributed by atoms with Crippen LogP contribution >= 0.6 is 11.3 Å². The monoisotopic (exact) mass is 249 g/mol. The van der Waals surface area contributed by atoms with E-state index in [4.69, 9.17) is 0 Å². The van der Waals surface area contributed by atoms with E-state index < -0.39 is 0 Å². The van der Waals surface area contributed by atoms with Gasteiger partial charge in [0.15, 0.2) is 5.82 Å². The van der Waals surface area contributed by atoms with Gasteiger partial charge in [0.2, 0.25) is 0 Å². The number of aliphatic hydroxyl groups excluding tert-OH is 1. The largest absolute Gasteiger partial charge is 0.394 e. The zero-order valence-corrected chi connectivity index (χ0v) is 10.4. The van der Waals surface area contributed by atoms with Crippen molar-refractivity contribution in [1.29, 1.82) is 0 Å². The molecule has 2 rings (SSSR count). The summed E-state index contributed by atoms with van der Waals surface area (Å²) in [6.45, 7) is 2.12. The highest BCUT2D eigenvalue weighted by atomic mass is 32.1. The number of hydrogen-bond acceptors (Lipinski definition) is 5. The van der Waals surface area contributed by atoms with Gasteiger partial charge in [-0.3, -0.25) is 4.98 Å². The van der Waals surface area contributed by atoms with Crippen molar-refractivity contribution in [2.24, 2.45) is 0 Å². The van der Waals surface area contributed by atoms with Crippen LogP contribution in [-0.4, -0.2) is 27.7 Å². The molecule has 0 aromatic carbocycles. The van der Waals surface area contributed by atoms with E-state index in [2.05, 4.69) is 15.3 Å². The number of aliphatic hydroxyl groups is 1.